The zero-order chi connectivity index (χ0) is 13.2. The Hall–Kier alpha value is -0.810. The first-order valence-electron chi connectivity index (χ1n) is 6.87. The van der Waals surface area contributed by atoms with E-state index in [4.69, 9.17) is 9.47 Å². The average Bonchev–Trinajstić information content (AvgIpc) is 2.39. The fourth-order valence-corrected chi connectivity index (χ4v) is 1.98. The summed E-state index contributed by atoms with van der Waals surface area (Å²) in [4.78, 5) is 13.2. The number of hydrogen-bond acceptors (Lipinski definition) is 4. The minimum absolute atomic E-state index is 0.377. The Labute approximate surface area is 110 Å². The lowest BCUT2D eigenvalue weighted by Crippen LogP contribution is -2.35. The standard InChI is InChI=1S/C13H26N2O3/c1-12-4-6-15(7-5-12)8-11-17-9-3-10-18-13(16)14-2/h12H,3-11H2,1-2H3,(H,14,16). The normalized spacial score (nSPS) is 17.7. The molecule has 1 N–H and O–H groups in total. The Bertz CT molecular complexity index is 228. The van der Waals surface area contributed by atoms with Gasteiger partial charge in [-0.1, -0.05) is 6.92 Å². The van der Waals surface area contributed by atoms with Gasteiger partial charge in [-0.3, -0.25) is 0 Å². The lowest BCUT2D eigenvalue weighted by Gasteiger charge is -2.29. The van der Waals surface area contributed by atoms with Crippen molar-refractivity contribution in [3.63, 3.8) is 0 Å². The highest BCUT2D eigenvalue weighted by atomic mass is 16.5. The van der Waals surface area contributed by atoms with Crippen molar-refractivity contribution in [2.45, 2.75) is 26.2 Å². The van der Waals surface area contributed by atoms with Crippen molar-refractivity contribution < 1.29 is 14.3 Å². The maximum atomic E-state index is 10.8. The summed E-state index contributed by atoms with van der Waals surface area (Å²) in [6, 6.07) is 0. The molecule has 106 valence electrons. The molecule has 18 heavy (non-hydrogen) atoms. The van der Waals surface area contributed by atoms with Crippen molar-refractivity contribution in [2.75, 3.05) is 46.5 Å². The molecule has 1 heterocycles. The van der Waals surface area contributed by atoms with Gasteiger partial charge in [-0.05, 0) is 31.8 Å². The van der Waals surface area contributed by atoms with Gasteiger partial charge >= 0.3 is 6.09 Å². The van der Waals surface area contributed by atoms with Gasteiger partial charge in [0, 0.05) is 26.6 Å². The van der Waals surface area contributed by atoms with Crippen LogP contribution in [0.3, 0.4) is 0 Å². The minimum Gasteiger partial charge on any atom is -0.449 e. The summed E-state index contributed by atoms with van der Waals surface area (Å²) in [5.74, 6) is 0.879. The number of piperidine rings is 1. The molecule has 0 unspecified atom stereocenters. The first kappa shape index (κ1) is 15.2. The van der Waals surface area contributed by atoms with E-state index in [1.54, 1.807) is 7.05 Å². The molecule has 1 amide bonds. The second-order valence-electron chi connectivity index (χ2n) is 4.88. The van der Waals surface area contributed by atoms with Crippen LogP contribution in [0.1, 0.15) is 26.2 Å². The van der Waals surface area contributed by atoms with Gasteiger partial charge in [0.25, 0.3) is 0 Å². The number of nitrogens with zero attached hydrogens (tertiary/aromatic N) is 1. The molecule has 1 fully saturated rings. The molecule has 1 rings (SSSR count). The van der Waals surface area contributed by atoms with Crippen LogP contribution in [-0.2, 0) is 9.47 Å². The lowest BCUT2D eigenvalue weighted by atomic mass is 9.99. The smallest absolute Gasteiger partial charge is 0.406 e. The van der Waals surface area contributed by atoms with Crippen LogP contribution in [-0.4, -0.2) is 57.5 Å². The second-order valence-corrected chi connectivity index (χ2v) is 4.88. The highest BCUT2D eigenvalue weighted by molar-refractivity contribution is 5.66. The van der Waals surface area contributed by atoms with E-state index in [1.807, 2.05) is 0 Å². The minimum atomic E-state index is -0.377. The van der Waals surface area contributed by atoms with Crippen molar-refractivity contribution in [3.8, 4) is 0 Å². The molecule has 0 aliphatic carbocycles. The van der Waals surface area contributed by atoms with Crippen LogP contribution >= 0.6 is 0 Å². The van der Waals surface area contributed by atoms with Crippen LogP contribution in [0.25, 0.3) is 0 Å². The predicted molar refractivity (Wildman–Crippen MR) is 70.7 cm³/mol. The summed E-state index contributed by atoms with van der Waals surface area (Å²) in [7, 11) is 1.55. The van der Waals surface area contributed by atoms with Gasteiger partial charge in [0.2, 0.25) is 0 Å². The van der Waals surface area contributed by atoms with E-state index in [-0.39, 0.29) is 6.09 Å². The molecule has 0 aromatic carbocycles. The molecule has 1 saturated heterocycles. The zero-order valence-corrected chi connectivity index (χ0v) is 11.6. The van der Waals surface area contributed by atoms with Gasteiger partial charge in [0.15, 0.2) is 0 Å². The molecule has 5 heteroatoms. The molecule has 0 atom stereocenters. The second kappa shape index (κ2) is 9.16. The molecule has 0 spiro atoms. The maximum absolute atomic E-state index is 10.8. The monoisotopic (exact) mass is 258 g/mol. The number of alkyl carbamates (subject to hydrolysis) is 1. The summed E-state index contributed by atoms with van der Waals surface area (Å²) in [5, 5.41) is 2.40. The van der Waals surface area contributed by atoms with Crippen LogP contribution < -0.4 is 5.32 Å². The number of likely N-dealkylation sites (tertiary alicyclic amines) is 1. The summed E-state index contributed by atoms with van der Waals surface area (Å²) >= 11 is 0. The Balaban J connectivity index is 1.85. The van der Waals surface area contributed by atoms with Crippen LogP contribution in [0.4, 0.5) is 4.79 Å². The van der Waals surface area contributed by atoms with Gasteiger partial charge in [-0.2, -0.15) is 0 Å². The van der Waals surface area contributed by atoms with Gasteiger partial charge in [-0.25, -0.2) is 4.79 Å². The Morgan fingerprint density at radius 3 is 2.67 bits per heavy atom. The molecule has 1 aliphatic heterocycles. The fourth-order valence-electron chi connectivity index (χ4n) is 1.98. The van der Waals surface area contributed by atoms with Crippen molar-refractivity contribution in [2.24, 2.45) is 5.92 Å². The number of carbonyl (C=O) groups is 1. The van der Waals surface area contributed by atoms with E-state index in [0.717, 1.165) is 25.5 Å². The van der Waals surface area contributed by atoms with Crippen LogP contribution in [0.15, 0.2) is 0 Å². The zero-order valence-electron chi connectivity index (χ0n) is 11.6. The number of ether oxygens (including phenoxy) is 2. The fraction of sp³-hybridized carbons (Fsp3) is 0.923. The largest absolute Gasteiger partial charge is 0.449 e. The van der Waals surface area contributed by atoms with Gasteiger partial charge < -0.3 is 19.7 Å². The highest BCUT2D eigenvalue weighted by Gasteiger charge is 2.14. The Morgan fingerprint density at radius 1 is 1.28 bits per heavy atom. The van der Waals surface area contributed by atoms with E-state index >= 15 is 0 Å². The van der Waals surface area contributed by atoms with Crippen molar-refractivity contribution in [1.82, 2.24) is 10.2 Å². The molecule has 0 aromatic rings. The molecule has 0 bridgehead atoms. The van der Waals surface area contributed by atoms with Crippen LogP contribution in [0.5, 0.6) is 0 Å². The van der Waals surface area contributed by atoms with E-state index in [1.165, 1.54) is 25.9 Å². The first-order chi connectivity index (χ1) is 8.72. The molecule has 0 aromatic heterocycles. The molecular weight excluding hydrogens is 232 g/mol. The van der Waals surface area contributed by atoms with Crippen LogP contribution in [0, 0.1) is 5.92 Å². The average molecular weight is 258 g/mol. The SMILES string of the molecule is CNC(=O)OCCCOCCN1CCC(C)CC1. The number of nitrogens with one attached hydrogen (secondary N) is 1. The molecule has 5 nitrogen and oxygen atoms in total. The maximum Gasteiger partial charge on any atom is 0.406 e. The van der Waals surface area contributed by atoms with E-state index in [9.17, 15) is 4.79 Å². The van der Waals surface area contributed by atoms with E-state index < -0.39 is 0 Å². The summed E-state index contributed by atoms with van der Waals surface area (Å²) in [6.45, 7) is 7.58. The van der Waals surface area contributed by atoms with Gasteiger partial charge in [0.05, 0.1) is 13.2 Å². The summed E-state index contributed by atoms with van der Waals surface area (Å²) in [6.07, 6.45) is 2.99. The van der Waals surface area contributed by atoms with Crippen LogP contribution in [0.2, 0.25) is 0 Å². The van der Waals surface area contributed by atoms with Crippen molar-refractivity contribution >= 4 is 6.09 Å². The van der Waals surface area contributed by atoms with Gasteiger partial charge in [0.1, 0.15) is 0 Å². The lowest BCUT2D eigenvalue weighted by molar-refractivity contribution is 0.0759. The number of carbonyl (C=O) groups excluding carboxylic acids is 1. The first-order valence-corrected chi connectivity index (χ1v) is 6.87. The molecule has 0 radical (unpaired) electrons. The Morgan fingerprint density at radius 2 is 2.00 bits per heavy atom. The third-order valence-corrected chi connectivity index (χ3v) is 3.30. The topological polar surface area (TPSA) is 50.8 Å². The third-order valence-electron chi connectivity index (χ3n) is 3.30. The molecular formula is C13H26N2O3. The summed E-state index contributed by atoms with van der Waals surface area (Å²) in [5.41, 5.74) is 0. The van der Waals surface area contributed by atoms with E-state index in [0.29, 0.717) is 13.2 Å². The Kier molecular flexibility index (Phi) is 7.76. The summed E-state index contributed by atoms with van der Waals surface area (Å²) < 4.78 is 10.4. The van der Waals surface area contributed by atoms with Crippen molar-refractivity contribution in [1.29, 1.82) is 0 Å². The van der Waals surface area contributed by atoms with E-state index in [2.05, 4.69) is 17.1 Å². The highest BCUT2D eigenvalue weighted by Crippen LogP contribution is 2.15. The molecule has 0 saturated carbocycles. The third kappa shape index (κ3) is 6.81. The molecule has 1 aliphatic rings. The predicted octanol–water partition coefficient (Wildman–Crippen LogP) is 1.48. The number of hydrogen-bond donors (Lipinski definition) is 1. The number of rotatable bonds is 7. The quantitative estimate of drug-likeness (QED) is 0.703. The number of amides is 1. The van der Waals surface area contributed by atoms with Crippen molar-refractivity contribution in [3.05, 3.63) is 0 Å². The van der Waals surface area contributed by atoms with Gasteiger partial charge in [-0.15, -0.1) is 0 Å².